The number of carbonyl (C=O) groups excluding carboxylic acids is 2. The number of aromatic nitrogens is 2. The maximum Gasteiger partial charge on any atom is 0.255 e. The van der Waals surface area contributed by atoms with Crippen LogP contribution in [0.25, 0.3) is 11.4 Å². The van der Waals surface area contributed by atoms with Gasteiger partial charge in [-0.05, 0) is 76.2 Å². The molecule has 0 spiro atoms. The van der Waals surface area contributed by atoms with E-state index in [1.54, 1.807) is 29.2 Å². The maximum atomic E-state index is 13.1. The first-order valence-corrected chi connectivity index (χ1v) is 12.0. The Hall–Kier alpha value is -3.59. The first-order chi connectivity index (χ1) is 17.0. The number of likely N-dealkylation sites (tertiary alicyclic amines) is 1. The van der Waals surface area contributed by atoms with Crippen molar-refractivity contribution in [3.63, 3.8) is 0 Å². The number of benzene rings is 2. The molecular weight excluding hydrogens is 449 g/mol. The first-order valence-electron chi connectivity index (χ1n) is 12.0. The lowest BCUT2D eigenvalue weighted by atomic mass is 9.95. The summed E-state index contributed by atoms with van der Waals surface area (Å²) in [6, 6.07) is 13.1. The van der Waals surface area contributed by atoms with Gasteiger partial charge in [0, 0.05) is 24.6 Å². The molecule has 0 atom stereocenters. The van der Waals surface area contributed by atoms with Crippen LogP contribution in [-0.4, -0.2) is 57.9 Å². The van der Waals surface area contributed by atoms with E-state index < -0.39 is 0 Å². The number of rotatable bonds is 8. The van der Waals surface area contributed by atoms with E-state index in [-0.39, 0.29) is 23.5 Å². The fraction of sp³-hybridized carbons (Fsp3) is 0.385. The Kier molecular flexibility index (Phi) is 7.87. The zero-order chi connectivity index (χ0) is 24.8. The summed E-state index contributed by atoms with van der Waals surface area (Å²) in [5.41, 5.74) is 1.75. The Morgan fingerprint density at radius 2 is 1.77 bits per heavy atom. The number of halogens is 1. The van der Waals surface area contributed by atoms with Gasteiger partial charge < -0.3 is 14.7 Å². The number of hydrogen-bond donors (Lipinski definition) is 1. The minimum absolute atomic E-state index is 0.0687. The van der Waals surface area contributed by atoms with Gasteiger partial charge in [0.1, 0.15) is 5.82 Å². The normalized spacial score (nSPS) is 14.6. The quantitative estimate of drug-likeness (QED) is 0.521. The molecule has 1 fully saturated rings. The van der Waals surface area contributed by atoms with Crippen molar-refractivity contribution in [2.24, 2.45) is 5.92 Å². The minimum Gasteiger partial charge on any atom is -0.339 e. The standard InChI is InChI=1S/C26H30FN5O3/c1-3-32(4-2)26(34)21-7-5-6-8-22(21)28-25(33)19-13-15-31(16-14-19)17-23-29-24(30-35-23)18-9-11-20(27)12-10-18/h5-12,19H,3-4,13-17H2,1-2H3,(H,28,33). The summed E-state index contributed by atoms with van der Waals surface area (Å²) in [7, 11) is 0. The third kappa shape index (κ3) is 5.92. The van der Waals surface area contributed by atoms with Crippen molar-refractivity contribution in [2.45, 2.75) is 33.2 Å². The van der Waals surface area contributed by atoms with Crippen molar-refractivity contribution in [3.8, 4) is 11.4 Å². The third-order valence-corrected chi connectivity index (χ3v) is 6.35. The van der Waals surface area contributed by atoms with Crippen LogP contribution in [0, 0.1) is 11.7 Å². The molecule has 1 aliphatic rings. The van der Waals surface area contributed by atoms with Gasteiger partial charge in [0.05, 0.1) is 17.8 Å². The van der Waals surface area contributed by atoms with Crippen LogP contribution >= 0.6 is 0 Å². The Morgan fingerprint density at radius 3 is 2.46 bits per heavy atom. The van der Waals surface area contributed by atoms with Crippen LogP contribution in [0.2, 0.25) is 0 Å². The molecule has 0 bridgehead atoms. The van der Waals surface area contributed by atoms with Crippen molar-refractivity contribution < 1.29 is 18.5 Å². The average molecular weight is 480 g/mol. The van der Waals surface area contributed by atoms with Crippen LogP contribution in [-0.2, 0) is 11.3 Å². The van der Waals surface area contributed by atoms with E-state index in [4.69, 9.17) is 4.52 Å². The number of para-hydroxylation sites is 1. The fourth-order valence-corrected chi connectivity index (χ4v) is 4.27. The van der Waals surface area contributed by atoms with Crippen molar-refractivity contribution in [1.82, 2.24) is 19.9 Å². The molecular formula is C26H30FN5O3. The molecule has 8 nitrogen and oxygen atoms in total. The molecule has 4 rings (SSSR count). The number of nitrogens with one attached hydrogen (secondary N) is 1. The summed E-state index contributed by atoms with van der Waals surface area (Å²) in [6.45, 7) is 7.02. The molecule has 35 heavy (non-hydrogen) atoms. The molecule has 2 aromatic carbocycles. The van der Waals surface area contributed by atoms with Gasteiger partial charge in [0.25, 0.3) is 5.91 Å². The second kappa shape index (κ2) is 11.2. The highest BCUT2D eigenvalue weighted by Crippen LogP contribution is 2.24. The highest BCUT2D eigenvalue weighted by atomic mass is 19.1. The second-order valence-corrected chi connectivity index (χ2v) is 8.58. The monoisotopic (exact) mass is 479 g/mol. The lowest BCUT2D eigenvalue weighted by Crippen LogP contribution is -2.38. The number of carbonyl (C=O) groups is 2. The Morgan fingerprint density at radius 1 is 1.09 bits per heavy atom. The highest BCUT2D eigenvalue weighted by Gasteiger charge is 2.27. The van der Waals surface area contributed by atoms with Gasteiger partial charge in [-0.3, -0.25) is 14.5 Å². The molecule has 9 heteroatoms. The Balaban J connectivity index is 1.31. The van der Waals surface area contributed by atoms with Gasteiger partial charge in [0.2, 0.25) is 17.6 Å². The molecule has 1 aromatic heterocycles. The summed E-state index contributed by atoms with van der Waals surface area (Å²) in [6.07, 6.45) is 1.38. The molecule has 0 aliphatic carbocycles. The van der Waals surface area contributed by atoms with E-state index >= 15 is 0 Å². The van der Waals surface area contributed by atoms with E-state index in [1.807, 2.05) is 26.0 Å². The molecule has 2 heterocycles. The van der Waals surface area contributed by atoms with Gasteiger partial charge in [-0.25, -0.2) is 4.39 Å². The molecule has 0 radical (unpaired) electrons. The van der Waals surface area contributed by atoms with Gasteiger partial charge in [-0.1, -0.05) is 17.3 Å². The topological polar surface area (TPSA) is 91.6 Å². The number of piperidine rings is 1. The largest absolute Gasteiger partial charge is 0.339 e. The van der Waals surface area contributed by atoms with Gasteiger partial charge in [-0.15, -0.1) is 0 Å². The van der Waals surface area contributed by atoms with E-state index in [0.717, 1.165) is 0 Å². The highest BCUT2D eigenvalue weighted by molar-refractivity contribution is 6.04. The fourth-order valence-electron chi connectivity index (χ4n) is 4.27. The van der Waals surface area contributed by atoms with Crippen LogP contribution < -0.4 is 5.32 Å². The van der Waals surface area contributed by atoms with E-state index in [0.29, 0.717) is 74.1 Å². The van der Waals surface area contributed by atoms with Gasteiger partial charge >= 0.3 is 0 Å². The molecule has 1 saturated heterocycles. The molecule has 3 aromatic rings. The third-order valence-electron chi connectivity index (χ3n) is 6.35. The SMILES string of the molecule is CCN(CC)C(=O)c1ccccc1NC(=O)C1CCN(Cc2nc(-c3ccc(F)cc3)no2)CC1. The zero-order valence-electron chi connectivity index (χ0n) is 20.0. The first kappa shape index (κ1) is 24.5. The van der Waals surface area contributed by atoms with Crippen LogP contribution in [0.5, 0.6) is 0 Å². The molecule has 1 N–H and O–H groups in total. The lowest BCUT2D eigenvalue weighted by Gasteiger charge is -2.30. The number of hydrogen-bond acceptors (Lipinski definition) is 6. The average Bonchev–Trinajstić information content (AvgIpc) is 3.34. The second-order valence-electron chi connectivity index (χ2n) is 8.58. The summed E-state index contributed by atoms with van der Waals surface area (Å²) < 4.78 is 18.5. The van der Waals surface area contributed by atoms with Gasteiger partial charge in [0.15, 0.2) is 0 Å². The molecule has 1 aliphatic heterocycles. The molecule has 0 unspecified atom stereocenters. The van der Waals surface area contributed by atoms with Crippen LogP contribution in [0.3, 0.4) is 0 Å². The summed E-state index contributed by atoms with van der Waals surface area (Å²) in [4.78, 5) is 34.1. The van der Waals surface area contributed by atoms with Crippen LogP contribution in [0.4, 0.5) is 10.1 Å². The van der Waals surface area contributed by atoms with Crippen molar-refractivity contribution in [2.75, 3.05) is 31.5 Å². The van der Waals surface area contributed by atoms with Crippen molar-refractivity contribution in [3.05, 3.63) is 65.8 Å². The molecule has 184 valence electrons. The lowest BCUT2D eigenvalue weighted by molar-refractivity contribution is -0.121. The van der Waals surface area contributed by atoms with E-state index in [1.165, 1.54) is 12.1 Å². The Bertz CT molecular complexity index is 1150. The van der Waals surface area contributed by atoms with Crippen molar-refractivity contribution >= 4 is 17.5 Å². The predicted octanol–water partition coefficient (Wildman–Crippen LogP) is 4.21. The predicted molar refractivity (Wildman–Crippen MR) is 130 cm³/mol. The van der Waals surface area contributed by atoms with Crippen LogP contribution in [0.15, 0.2) is 53.1 Å². The number of nitrogens with zero attached hydrogens (tertiary/aromatic N) is 4. The summed E-state index contributed by atoms with van der Waals surface area (Å²) in [5.74, 6) is 0.299. The van der Waals surface area contributed by atoms with Crippen LogP contribution in [0.1, 0.15) is 42.9 Å². The minimum atomic E-state index is -0.316. The number of amides is 2. The smallest absolute Gasteiger partial charge is 0.255 e. The van der Waals surface area contributed by atoms with Crippen molar-refractivity contribution in [1.29, 1.82) is 0 Å². The van der Waals surface area contributed by atoms with E-state index in [2.05, 4.69) is 20.4 Å². The molecule has 2 amide bonds. The van der Waals surface area contributed by atoms with Gasteiger partial charge in [-0.2, -0.15) is 4.98 Å². The maximum absolute atomic E-state index is 13.1. The molecule has 0 saturated carbocycles. The zero-order valence-corrected chi connectivity index (χ0v) is 20.0. The Labute approximate surface area is 204 Å². The number of anilines is 1. The summed E-state index contributed by atoms with van der Waals surface area (Å²) >= 11 is 0. The van der Waals surface area contributed by atoms with E-state index in [9.17, 15) is 14.0 Å². The summed E-state index contributed by atoms with van der Waals surface area (Å²) in [5, 5.41) is 6.97.